The van der Waals surface area contributed by atoms with Crippen molar-refractivity contribution in [2.45, 2.75) is 25.6 Å². The Hall–Kier alpha value is -4.38. The SMILES string of the molecule is CN(C)C(=O)[C@H]1Cc2c([nH]c3cccc(F)c23)CN1C(=O)c1ncsc1CNc1ccc2nccnc2c1. The van der Waals surface area contributed by atoms with Gasteiger partial charge < -0.3 is 20.1 Å². The van der Waals surface area contributed by atoms with Gasteiger partial charge in [0.2, 0.25) is 5.91 Å². The van der Waals surface area contributed by atoms with Crippen LogP contribution in [0.3, 0.4) is 0 Å². The fraction of sp³-hybridized carbons (Fsp3) is 0.222. The quantitative estimate of drug-likeness (QED) is 0.357. The molecule has 5 aromatic rings. The molecule has 11 heteroatoms. The van der Waals surface area contributed by atoms with Crippen molar-refractivity contribution in [3.05, 3.63) is 81.9 Å². The van der Waals surface area contributed by atoms with Gasteiger partial charge in [0, 0.05) is 55.2 Å². The number of hydrogen-bond donors (Lipinski definition) is 2. The van der Waals surface area contributed by atoms with Crippen LogP contribution in [0.5, 0.6) is 0 Å². The third-order valence-electron chi connectivity index (χ3n) is 6.82. The lowest BCUT2D eigenvalue weighted by Crippen LogP contribution is -2.52. The smallest absolute Gasteiger partial charge is 0.274 e. The number of benzene rings is 2. The van der Waals surface area contributed by atoms with Gasteiger partial charge in [0.25, 0.3) is 5.91 Å². The van der Waals surface area contributed by atoms with E-state index in [2.05, 4.69) is 25.3 Å². The molecule has 0 spiro atoms. The molecule has 4 heterocycles. The number of H-pyrrole nitrogens is 1. The summed E-state index contributed by atoms with van der Waals surface area (Å²) in [5.74, 6) is -0.900. The summed E-state index contributed by atoms with van der Waals surface area (Å²) in [6.45, 7) is 0.529. The van der Waals surface area contributed by atoms with Gasteiger partial charge >= 0.3 is 0 Å². The number of hydrogen-bond acceptors (Lipinski definition) is 7. The van der Waals surface area contributed by atoms with E-state index in [1.54, 1.807) is 49.0 Å². The molecule has 0 saturated carbocycles. The Bertz CT molecular complexity index is 1700. The molecular formula is C27H24FN7O2S. The van der Waals surface area contributed by atoms with Crippen LogP contribution in [-0.2, 0) is 24.3 Å². The summed E-state index contributed by atoms with van der Waals surface area (Å²) < 4.78 is 14.7. The fourth-order valence-electron chi connectivity index (χ4n) is 4.96. The highest BCUT2D eigenvalue weighted by atomic mass is 32.1. The first-order valence-electron chi connectivity index (χ1n) is 12.1. The molecular weight excluding hydrogens is 505 g/mol. The number of rotatable bonds is 5. The maximum atomic E-state index is 14.7. The molecule has 38 heavy (non-hydrogen) atoms. The van der Waals surface area contributed by atoms with E-state index in [1.165, 1.54) is 22.3 Å². The Morgan fingerprint density at radius 3 is 2.79 bits per heavy atom. The van der Waals surface area contributed by atoms with Crippen molar-refractivity contribution in [2.75, 3.05) is 19.4 Å². The summed E-state index contributed by atoms with van der Waals surface area (Å²) >= 11 is 1.37. The average Bonchev–Trinajstić information content (AvgIpc) is 3.55. The average molecular weight is 530 g/mol. The summed E-state index contributed by atoms with van der Waals surface area (Å²) in [6, 6.07) is 9.77. The first kappa shape index (κ1) is 24.0. The van der Waals surface area contributed by atoms with Crippen LogP contribution < -0.4 is 5.32 Å². The zero-order valence-electron chi connectivity index (χ0n) is 20.7. The van der Waals surface area contributed by atoms with Crippen LogP contribution >= 0.6 is 11.3 Å². The highest BCUT2D eigenvalue weighted by Crippen LogP contribution is 2.33. The summed E-state index contributed by atoms with van der Waals surface area (Å²) in [4.78, 5) is 47.1. The highest BCUT2D eigenvalue weighted by Gasteiger charge is 2.39. The number of anilines is 1. The third kappa shape index (κ3) is 4.14. The second kappa shape index (κ2) is 9.49. The number of aromatic nitrogens is 4. The number of nitrogens with one attached hydrogen (secondary N) is 2. The molecule has 1 aliphatic heterocycles. The minimum atomic E-state index is -0.773. The van der Waals surface area contributed by atoms with Gasteiger partial charge in [-0.2, -0.15) is 0 Å². The molecule has 0 unspecified atom stereocenters. The van der Waals surface area contributed by atoms with E-state index in [9.17, 15) is 14.0 Å². The van der Waals surface area contributed by atoms with Crippen LogP contribution in [0.15, 0.2) is 54.3 Å². The molecule has 0 fully saturated rings. The molecule has 1 aliphatic rings. The van der Waals surface area contributed by atoms with E-state index in [1.807, 2.05) is 18.2 Å². The van der Waals surface area contributed by atoms with Crippen molar-refractivity contribution in [2.24, 2.45) is 0 Å². The molecule has 1 atom stereocenters. The Balaban J connectivity index is 1.29. The number of nitrogens with zero attached hydrogens (tertiary/aromatic N) is 5. The van der Waals surface area contributed by atoms with E-state index in [0.717, 1.165) is 32.9 Å². The van der Waals surface area contributed by atoms with Gasteiger partial charge in [-0.25, -0.2) is 9.37 Å². The van der Waals surface area contributed by atoms with Crippen LogP contribution in [0.1, 0.15) is 26.6 Å². The Morgan fingerprint density at radius 1 is 1.16 bits per heavy atom. The lowest BCUT2D eigenvalue weighted by Gasteiger charge is -2.36. The minimum absolute atomic E-state index is 0.153. The minimum Gasteiger partial charge on any atom is -0.380 e. The van der Waals surface area contributed by atoms with Crippen LogP contribution in [0.2, 0.25) is 0 Å². The fourth-order valence-corrected chi connectivity index (χ4v) is 5.65. The predicted molar refractivity (Wildman–Crippen MR) is 143 cm³/mol. The molecule has 2 aromatic carbocycles. The molecule has 192 valence electrons. The van der Waals surface area contributed by atoms with Crippen LogP contribution in [0.25, 0.3) is 21.9 Å². The van der Waals surface area contributed by atoms with Gasteiger partial charge in [0.15, 0.2) is 0 Å². The van der Waals surface area contributed by atoms with Gasteiger partial charge in [-0.3, -0.25) is 19.6 Å². The number of amides is 2. The van der Waals surface area contributed by atoms with Gasteiger partial charge in [-0.15, -0.1) is 11.3 Å². The number of fused-ring (bicyclic) bond motifs is 4. The maximum absolute atomic E-state index is 14.7. The second-order valence-electron chi connectivity index (χ2n) is 9.37. The lowest BCUT2D eigenvalue weighted by molar-refractivity contribution is -0.134. The molecule has 9 nitrogen and oxygen atoms in total. The maximum Gasteiger partial charge on any atom is 0.274 e. The van der Waals surface area contributed by atoms with Gasteiger partial charge in [-0.1, -0.05) is 6.07 Å². The zero-order chi connectivity index (χ0) is 26.4. The highest BCUT2D eigenvalue weighted by molar-refractivity contribution is 7.10. The Kier molecular flexibility index (Phi) is 5.99. The molecule has 3 aromatic heterocycles. The predicted octanol–water partition coefficient (Wildman–Crippen LogP) is 3.97. The topological polar surface area (TPSA) is 107 Å². The number of carbonyl (C=O) groups is 2. The molecule has 0 saturated heterocycles. The number of halogens is 1. The van der Waals surface area contributed by atoms with Crippen molar-refractivity contribution < 1.29 is 14.0 Å². The summed E-state index contributed by atoms with van der Waals surface area (Å²) in [7, 11) is 3.31. The van der Waals surface area contributed by atoms with Crippen molar-refractivity contribution in [3.8, 4) is 0 Å². The zero-order valence-corrected chi connectivity index (χ0v) is 21.6. The second-order valence-corrected chi connectivity index (χ2v) is 10.3. The normalized spacial score (nSPS) is 15.0. The molecule has 0 bridgehead atoms. The number of thiazole rings is 1. The van der Waals surface area contributed by atoms with Crippen molar-refractivity contribution in [1.82, 2.24) is 29.7 Å². The van der Waals surface area contributed by atoms with Gasteiger partial charge in [0.05, 0.1) is 34.5 Å². The molecule has 0 aliphatic carbocycles. The molecule has 2 N–H and O–H groups in total. The van der Waals surface area contributed by atoms with Crippen molar-refractivity contribution >= 4 is 50.8 Å². The molecule has 2 amide bonds. The summed E-state index contributed by atoms with van der Waals surface area (Å²) in [6.07, 6.45) is 3.51. The number of carbonyl (C=O) groups excluding carboxylic acids is 2. The standard InChI is InChI=1S/C27H24FN7O2S/c1-34(2)26(36)22-11-16-21(33-19-5-3-4-17(28)24(16)19)13-35(22)27(37)25-23(38-14-32-25)12-31-15-6-7-18-20(10-15)30-9-8-29-18/h3-10,14,22,31,33H,11-13H2,1-2H3/t22-/m1/s1. The van der Waals surface area contributed by atoms with E-state index in [0.29, 0.717) is 23.1 Å². The molecule has 6 rings (SSSR count). The van der Waals surface area contributed by atoms with Crippen LogP contribution in [-0.4, -0.2) is 61.7 Å². The summed E-state index contributed by atoms with van der Waals surface area (Å²) in [5.41, 5.74) is 6.45. The monoisotopic (exact) mass is 529 g/mol. The van der Waals surface area contributed by atoms with Crippen LogP contribution in [0.4, 0.5) is 10.1 Å². The van der Waals surface area contributed by atoms with E-state index in [-0.39, 0.29) is 30.6 Å². The number of aromatic amines is 1. The third-order valence-corrected chi connectivity index (χ3v) is 7.65. The first-order chi connectivity index (χ1) is 18.4. The van der Waals surface area contributed by atoms with E-state index < -0.39 is 6.04 Å². The van der Waals surface area contributed by atoms with Crippen molar-refractivity contribution in [3.63, 3.8) is 0 Å². The lowest BCUT2D eigenvalue weighted by atomic mass is 9.95. The van der Waals surface area contributed by atoms with Gasteiger partial charge in [0.1, 0.15) is 17.6 Å². The first-order valence-corrected chi connectivity index (χ1v) is 13.0. The van der Waals surface area contributed by atoms with Gasteiger partial charge in [-0.05, 0) is 35.9 Å². The Morgan fingerprint density at radius 2 is 1.97 bits per heavy atom. The number of likely N-dealkylation sites (N-methyl/N-ethyl adjacent to an activating group) is 1. The summed E-state index contributed by atoms with van der Waals surface area (Å²) in [5, 5.41) is 3.81. The molecule has 0 radical (unpaired) electrons. The van der Waals surface area contributed by atoms with E-state index in [4.69, 9.17) is 0 Å². The van der Waals surface area contributed by atoms with E-state index >= 15 is 0 Å². The van der Waals surface area contributed by atoms with Crippen LogP contribution in [0, 0.1) is 5.82 Å². The van der Waals surface area contributed by atoms with Crippen molar-refractivity contribution in [1.29, 1.82) is 0 Å². The largest absolute Gasteiger partial charge is 0.380 e. The Labute approximate surface area is 221 Å².